The van der Waals surface area contributed by atoms with E-state index < -0.39 is 0 Å². The predicted molar refractivity (Wildman–Crippen MR) is 242 cm³/mol. The molecule has 0 spiro atoms. The fourth-order valence-corrected chi connectivity index (χ4v) is 10.3. The van der Waals surface area contributed by atoms with Crippen molar-refractivity contribution in [1.82, 2.24) is 14.1 Å². The first-order valence-corrected chi connectivity index (χ1v) is 20.2. The van der Waals surface area contributed by atoms with Crippen LogP contribution in [0.1, 0.15) is 0 Å². The lowest BCUT2D eigenvalue weighted by Crippen LogP contribution is -2.07. The van der Waals surface area contributed by atoms with Crippen LogP contribution in [0.4, 0.5) is 0 Å². The summed E-state index contributed by atoms with van der Waals surface area (Å²) in [6, 6.07) is 72.5. The largest absolute Gasteiger partial charge is 0.307 e. The van der Waals surface area contributed by atoms with E-state index in [4.69, 9.17) is 4.98 Å². The lowest BCUT2D eigenvalue weighted by atomic mass is 9.97. The lowest BCUT2D eigenvalue weighted by Gasteiger charge is -2.22. The minimum Gasteiger partial charge on any atom is -0.307 e. The molecule has 4 heterocycles. The number of fused-ring (bicyclic) bond motifs is 9. The average molecular weight is 744 g/mol. The van der Waals surface area contributed by atoms with Crippen molar-refractivity contribution in [2.24, 2.45) is 0 Å². The molecule has 3 nitrogen and oxygen atoms in total. The van der Waals surface area contributed by atoms with Gasteiger partial charge in [0.1, 0.15) is 0 Å². The summed E-state index contributed by atoms with van der Waals surface area (Å²) in [7, 11) is 0. The van der Waals surface area contributed by atoms with Gasteiger partial charge in [-0.05, 0) is 59.7 Å². The van der Waals surface area contributed by atoms with Crippen molar-refractivity contribution in [1.29, 1.82) is 0 Å². The molecular formula is C53H33N3S. The quantitative estimate of drug-likeness (QED) is 0.172. The van der Waals surface area contributed by atoms with Gasteiger partial charge in [-0.25, -0.2) is 4.98 Å². The van der Waals surface area contributed by atoms with Gasteiger partial charge in [0.15, 0.2) is 0 Å². The zero-order valence-corrected chi connectivity index (χ0v) is 31.6. The van der Waals surface area contributed by atoms with Crippen molar-refractivity contribution >= 4 is 75.1 Å². The second-order valence-corrected chi connectivity index (χ2v) is 15.7. The number of benzene rings is 8. The summed E-state index contributed by atoms with van der Waals surface area (Å²) in [6.07, 6.45) is 0. The van der Waals surface area contributed by atoms with E-state index >= 15 is 0 Å². The molecule has 266 valence electrons. The van der Waals surface area contributed by atoms with Crippen LogP contribution in [0, 0.1) is 0 Å². The van der Waals surface area contributed by atoms with Gasteiger partial charge in [0.25, 0.3) is 0 Å². The Hall–Kier alpha value is -7.27. The number of nitrogens with zero attached hydrogens (tertiary/aromatic N) is 3. The maximum atomic E-state index is 5.68. The number of hydrogen-bond donors (Lipinski definition) is 0. The van der Waals surface area contributed by atoms with Gasteiger partial charge in [0.05, 0.1) is 44.8 Å². The summed E-state index contributed by atoms with van der Waals surface area (Å²) in [5.41, 5.74) is 13.2. The molecule has 0 amide bonds. The first-order valence-electron chi connectivity index (χ1n) is 19.4. The van der Waals surface area contributed by atoms with Gasteiger partial charge in [-0.1, -0.05) is 152 Å². The topological polar surface area (TPSA) is 22.8 Å². The molecule has 0 radical (unpaired) electrons. The highest BCUT2D eigenvalue weighted by molar-refractivity contribution is 7.26. The van der Waals surface area contributed by atoms with E-state index in [9.17, 15) is 0 Å². The fraction of sp³-hybridized carbons (Fsp3) is 0. The maximum Gasteiger partial charge on any atom is 0.0812 e. The second kappa shape index (κ2) is 12.6. The zero-order valence-electron chi connectivity index (χ0n) is 30.8. The molecule has 0 N–H and O–H groups in total. The molecule has 0 saturated carbocycles. The van der Waals surface area contributed by atoms with Gasteiger partial charge in [0.2, 0.25) is 0 Å². The molecule has 8 aromatic carbocycles. The average Bonchev–Trinajstić information content (AvgIpc) is 3.94. The first kappa shape index (κ1) is 32.0. The molecule has 0 saturated heterocycles. The molecule has 0 bridgehead atoms. The molecule has 57 heavy (non-hydrogen) atoms. The van der Waals surface area contributed by atoms with E-state index in [1.165, 1.54) is 52.8 Å². The minimum atomic E-state index is 0.936. The highest BCUT2D eigenvalue weighted by Crippen LogP contribution is 2.49. The SMILES string of the molecule is c1ccc(-c2cc(-c3ccccc3)nc(-c3c(-n4c5ccccc5c5ccccc54)c(-n4c5ccccc5c5ccccc54)cc4c3sc3ccccc34)c2)cc1. The molecular weight excluding hydrogens is 711 g/mol. The Morgan fingerprint density at radius 2 is 0.807 bits per heavy atom. The number of aromatic nitrogens is 3. The second-order valence-electron chi connectivity index (χ2n) is 14.7. The number of thiophene rings is 1. The summed E-state index contributed by atoms with van der Waals surface area (Å²) < 4.78 is 7.48. The third kappa shape index (κ3) is 4.88. The van der Waals surface area contributed by atoms with Crippen LogP contribution >= 0.6 is 11.3 Å². The van der Waals surface area contributed by atoms with E-state index in [1.54, 1.807) is 0 Å². The van der Waals surface area contributed by atoms with Crippen LogP contribution in [0.15, 0.2) is 200 Å². The summed E-state index contributed by atoms with van der Waals surface area (Å²) in [6.45, 7) is 0. The first-order chi connectivity index (χ1) is 28.3. The van der Waals surface area contributed by atoms with Gasteiger partial charge in [-0.2, -0.15) is 0 Å². The van der Waals surface area contributed by atoms with Crippen LogP contribution in [-0.2, 0) is 0 Å². The Morgan fingerprint density at radius 3 is 1.39 bits per heavy atom. The van der Waals surface area contributed by atoms with Crippen LogP contribution in [0.25, 0.3) is 109 Å². The standard InChI is InChI=1S/C53H33N3S/c1-3-17-34(18-4-1)36-31-43(35-19-5-2-6-20-35)54-44(32-36)51-52(56-47-28-14-9-23-39(47)40-24-10-15-29-48(40)56)49(33-42-41-25-11-16-30-50(41)57-53(42)51)55-45-26-12-7-21-37(45)38-22-8-13-27-46(38)55/h1-33H. The molecule has 0 fully saturated rings. The smallest absolute Gasteiger partial charge is 0.0812 e. The van der Waals surface area contributed by atoms with Crippen molar-refractivity contribution in [2.75, 3.05) is 0 Å². The van der Waals surface area contributed by atoms with E-state index in [-0.39, 0.29) is 0 Å². The van der Waals surface area contributed by atoms with Gasteiger partial charge in [-0.15, -0.1) is 11.3 Å². The molecule has 0 aliphatic heterocycles. The number of para-hydroxylation sites is 4. The Morgan fingerprint density at radius 1 is 0.351 bits per heavy atom. The van der Waals surface area contributed by atoms with Gasteiger partial charge < -0.3 is 9.13 Å². The van der Waals surface area contributed by atoms with E-state index in [2.05, 4.69) is 209 Å². The predicted octanol–water partition coefficient (Wildman–Crippen LogP) is 14.6. The van der Waals surface area contributed by atoms with E-state index in [0.29, 0.717) is 0 Å². The van der Waals surface area contributed by atoms with E-state index in [0.717, 1.165) is 56.0 Å². The number of pyridine rings is 1. The van der Waals surface area contributed by atoms with Crippen molar-refractivity contribution in [3.05, 3.63) is 200 Å². The summed E-state index contributed by atoms with van der Waals surface area (Å²) >= 11 is 1.86. The van der Waals surface area contributed by atoms with Gasteiger partial charge in [-0.3, -0.25) is 0 Å². The monoisotopic (exact) mass is 743 g/mol. The molecule has 12 aromatic rings. The van der Waals surface area contributed by atoms with Crippen LogP contribution in [0.5, 0.6) is 0 Å². The highest BCUT2D eigenvalue weighted by Gasteiger charge is 2.27. The summed E-state index contributed by atoms with van der Waals surface area (Å²) in [5.74, 6) is 0. The molecule has 12 rings (SSSR count). The van der Waals surface area contributed by atoms with Crippen LogP contribution in [0.2, 0.25) is 0 Å². The highest BCUT2D eigenvalue weighted by atomic mass is 32.1. The van der Waals surface area contributed by atoms with E-state index in [1.807, 2.05) is 11.3 Å². The third-order valence-corrected chi connectivity index (χ3v) is 12.7. The zero-order chi connectivity index (χ0) is 37.5. The van der Waals surface area contributed by atoms with Gasteiger partial charge >= 0.3 is 0 Å². The summed E-state index contributed by atoms with van der Waals surface area (Å²) in [4.78, 5) is 5.68. The molecule has 4 heteroatoms. The Bertz CT molecular complexity index is 3350. The molecule has 0 atom stereocenters. The Labute approximate surface area is 333 Å². The van der Waals surface area contributed by atoms with Crippen LogP contribution < -0.4 is 0 Å². The van der Waals surface area contributed by atoms with Crippen molar-refractivity contribution in [2.45, 2.75) is 0 Å². The van der Waals surface area contributed by atoms with Crippen molar-refractivity contribution < 1.29 is 0 Å². The Kier molecular flexibility index (Phi) is 7.10. The fourth-order valence-electron chi connectivity index (χ4n) is 9.03. The minimum absolute atomic E-state index is 0.936. The summed E-state index contributed by atoms with van der Waals surface area (Å²) in [5, 5.41) is 7.37. The van der Waals surface area contributed by atoms with Crippen molar-refractivity contribution in [3.63, 3.8) is 0 Å². The molecule has 0 aliphatic rings. The molecule has 0 aliphatic carbocycles. The Balaban J connectivity index is 1.35. The molecule has 0 unspecified atom stereocenters. The maximum absolute atomic E-state index is 5.68. The normalized spacial score (nSPS) is 11.9. The lowest BCUT2D eigenvalue weighted by molar-refractivity contribution is 1.10. The van der Waals surface area contributed by atoms with Crippen LogP contribution in [0.3, 0.4) is 0 Å². The third-order valence-electron chi connectivity index (χ3n) is 11.5. The number of hydrogen-bond acceptors (Lipinski definition) is 2. The van der Waals surface area contributed by atoms with Gasteiger partial charge in [0, 0.05) is 52.8 Å². The van der Waals surface area contributed by atoms with Crippen LogP contribution in [-0.4, -0.2) is 14.1 Å². The van der Waals surface area contributed by atoms with Crippen molar-refractivity contribution in [3.8, 4) is 45.0 Å². The number of rotatable bonds is 5. The molecule has 4 aromatic heterocycles.